The molecule has 1 saturated heterocycles. The van der Waals surface area contributed by atoms with Crippen LogP contribution in [0.2, 0.25) is 0 Å². The summed E-state index contributed by atoms with van der Waals surface area (Å²) in [7, 11) is 0. The third kappa shape index (κ3) is 1.86. The number of hydrogen-bond acceptors (Lipinski definition) is 3. The quantitative estimate of drug-likeness (QED) is 0.823. The number of benzene rings is 1. The molecule has 2 rings (SSSR count). The molecule has 0 radical (unpaired) electrons. The van der Waals surface area contributed by atoms with Gasteiger partial charge in [0, 0.05) is 12.1 Å². The smallest absolute Gasteiger partial charge is 0.208 e. The van der Waals surface area contributed by atoms with E-state index in [0.29, 0.717) is 6.61 Å². The second kappa shape index (κ2) is 4.53. The molecule has 1 aliphatic heterocycles. The lowest BCUT2D eigenvalue weighted by Crippen LogP contribution is -2.56. The molecule has 0 aromatic heterocycles. The van der Waals surface area contributed by atoms with Gasteiger partial charge in [-0.1, -0.05) is 37.3 Å². The van der Waals surface area contributed by atoms with E-state index < -0.39 is 5.79 Å². The van der Waals surface area contributed by atoms with Crippen molar-refractivity contribution in [3.05, 3.63) is 35.9 Å². The Kier molecular flexibility index (Phi) is 3.28. The van der Waals surface area contributed by atoms with E-state index in [-0.39, 0.29) is 6.04 Å². The molecule has 16 heavy (non-hydrogen) atoms. The van der Waals surface area contributed by atoms with Gasteiger partial charge < -0.3 is 9.84 Å². The first kappa shape index (κ1) is 11.6. The van der Waals surface area contributed by atoms with E-state index in [2.05, 4.69) is 11.8 Å². The van der Waals surface area contributed by atoms with Crippen molar-refractivity contribution >= 4 is 0 Å². The molecular formula is C13H19NO2. The molecule has 0 spiro atoms. The summed E-state index contributed by atoms with van der Waals surface area (Å²) >= 11 is 0. The van der Waals surface area contributed by atoms with Crippen LogP contribution in [0.15, 0.2) is 30.3 Å². The fourth-order valence-corrected chi connectivity index (χ4v) is 2.31. The molecule has 2 unspecified atom stereocenters. The summed E-state index contributed by atoms with van der Waals surface area (Å²) in [5.41, 5.74) is 0.834. The monoisotopic (exact) mass is 221 g/mol. The fourth-order valence-electron chi connectivity index (χ4n) is 2.31. The van der Waals surface area contributed by atoms with Crippen LogP contribution in [0, 0.1) is 0 Å². The fraction of sp³-hybridized carbons (Fsp3) is 0.538. The number of nitrogens with zero attached hydrogens (tertiary/aromatic N) is 1. The van der Waals surface area contributed by atoms with Crippen molar-refractivity contribution in [3.8, 4) is 0 Å². The molecule has 88 valence electrons. The highest BCUT2D eigenvalue weighted by atomic mass is 16.6. The molecule has 1 N–H and O–H groups in total. The number of rotatable bonds is 2. The Hall–Kier alpha value is -0.900. The highest BCUT2D eigenvalue weighted by molar-refractivity contribution is 5.22. The molecular weight excluding hydrogens is 202 g/mol. The van der Waals surface area contributed by atoms with Crippen molar-refractivity contribution in [1.82, 2.24) is 4.90 Å². The molecule has 0 aliphatic carbocycles. The second-order valence-electron chi connectivity index (χ2n) is 4.22. The lowest BCUT2D eigenvalue weighted by atomic mass is 9.96. The van der Waals surface area contributed by atoms with E-state index in [4.69, 9.17) is 4.74 Å². The first-order valence-corrected chi connectivity index (χ1v) is 5.84. The Morgan fingerprint density at radius 3 is 2.75 bits per heavy atom. The maximum absolute atomic E-state index is 10.6. The van der Waals surface area contributed by atoms with Crippen molar-refractivity contribution < 1.29 is 9.84 Å². The molecule has 1 heterocycles. The first-order valence-electron chi connectivity index (χ1n) is 5.84. The number of hydrogen-bond donors (Lipinski definition) is 1. The van der Waals surface area contributed by atoms with Crippen molar-refractivity contribution in [1.29, 1.82) is 0 Å². The predicted octanol–water partition coefficient (Wildman–Crippen LogP) is 1.57. The Morgan fingerprint density at radius 1 is 1.44 bits per heavy atom. The average molecular weight is 221 g/mol. The molecule has 1 aliphatic rings. The van der Waals surface area contributed by atoms with Crippen molar-refractivity contribution in [2.24, 2.45) is 0 Å². The lowest BCUT2D eigenvalue weighted by molar-refractivity contribution is -0.274. The van der Waals surface area contributed by atoms with Crippen LogP contribution >= 0.6 is 0 Å². The summed E-state index contributed by atoms with van der Waals surface area (Å²) in [6, 6.07) is 9.60. The van der Waals surface area contributed by atoms with Gasteiger partial charge in [0.05, 0.1) is 12.6 Å². The maximum atomic E-state index is 10.6. The molecule has 0 saturated carbocycles. The Balaban J connectivity index is 2.30. The van der Waals surface area contributed by atoms with E-state index in [9.17, 15) is 5.11 Å². The Morgan fingerprint density at radius 2 is 2.12 bits per heavy atom. The van der Waals surface area contributed by atoms with Gasteiger partial charge in [0.15, 0.2) is 0 Å². The van der Waals surface area contributed by atoms with Gasteiger partial charge in [-0.15, -0.1) is 0 Å². The van der Waals surface area contributed by atoms with Crippen LogP contribution in [-0.2, 0) is 10.5 Å². The van der Waals surface area contributed by atoms with Gasteiger partial charge in [0.2, 0.25) is 5.79 Å². The van der Waals surface area contributed by atoms with Gasteiger partial charge >= 0.3 is 0 Å². The summed E-state index contributed by atoms with van der Waals surface area (Å²) in [4.78, 5) is 2.23. The van der Waals surface area contributed by atoms with E-state index in [1.54, 1.807) is 0 Å². The van der Waals surface area contributed by atoms with Crippen LogP contribution in [-0.4, -0.2) is 35.7 Å². The maximum Gasteiger partial charge on any atom is 0.208 e. The van der Waals surface area contributed by atoms with Gasteiger partial charge in [-0.3, -0.25) is 4.90 Å². The molecule has 2 atom stereocenters. The summed E-state index contributed by atoms with van der Waals surface area (Å²) in [6.45, 7) is 6.50. The summed E-state index contributed by atoms with van der Waals surface area (Å²) in [5.74, 6) is -1.17. The topological polar surface area (TPSA) is 32.7 Å². The Labute approximate surface area is 96.6 Å². The van der Waals surface area contributed by atoms with Crippen LogP contribution in [0.4, 0.5) is 0 Å². The summed E-state index contributed by atoms with van der Waals surface area (Å²) in [5, 5.41) is 10.6. The summed E-state index contributed by atoms with van der Waals surface area (Å²) < 4.78 is 5.61. The van der Waals surface area contributed by atoms with E-state index in [1.165, 1.54) is 0 Å². The second-order valence-corrected chi connectivity index (χ2v) is 4.22. The lowest BCUT2D eigenvalue weighted by Gasteiger charge is -2.44. The highest BCUT2D eigenvalue weighted by Gasteiger charge is 2.42. The number of ether oxygens (including phenoxy) is 1. The van der Waals surface area contributed by atoms with Gasteiger partial charge in [0.25, 0.3) is 0 Å². The molecule has 3 nitrogen and oxygen atoms in total. The standard InChI is InChI=1S/C13H19NO2/c1-3-14-9-10-16-13(15,11(14)2)12-7-5-4-6-8-12/h4-8,11,15H,3,9-10H2,1-2H3. The molecule has 3 heteroatoms. The number of likely N-dealkylation sites (N-methyl/N-ethyl adjacent to an activating group) is 1. The number of morpholine rings is 1. The van der Waals surface area contributed by atoms with Crippen LogP contribution in [0.3, 0.4) is 0 Å². The first-order chi connectivity index (χ1) is 7.68. The van der Waals surface area contributed by atoms with E-state index >= 15 is 0 Å². The van der Waals surface area contributed by atoms with Crippen LogP contribution in [0.5, 0.6) is 0 Å². The third-order valence-electron chi connectivity index (χ3n) is 3.41. The van der Waals surface area contributed by atoms with Gasteiger partial charge in [-0.05, 0) is 13.5 Å². The zero-order valence-electron chi connectivity index (χ0n) is 9.89. The SMILES string of the molecule is CCN1CCOC(O)(c2ccccc2)C1C. The zero-order valence-corrected chi connectivity index (χ0v) is 9.89. The molecule has 0 bridgehead atoms. The van der Waals surface area contributed by atoms with Crippen molar-refractivity contribution in [2.45, 2.75) is 25.7 Å². The van der Waals surface area contributed by atoms with Crippen LogP contribution < -0.4 is 0 Å². The minimum atomic E-state index is -1.17. The predicted molar refractivity (Wildman–Crippen MR) is 63.0 cm³/mol. The zero-order chi connectivity index (χ0) is 11.6. The van der Waals surface area contributed by atoms with Crippen LogP contribution in [0.1, 0.15) is 19.4 Å². The normalized spacial score (nSPS) is 31.6. The molecule has 1 aromatic carbocycles. The minimum Gasteiger partial charge on any atom is -0.361 e. The molecule has 1 fully saturated rings. The van der Waals surface area contributed by atoms with Gasteiger partial charge in [-0.2, -0.15) is 0 Å². The number of aliphatic hydroxyl groups is 1. The average Bonchev–Trinajstić information content (AvgIpc) is 2.34. The van der Waals surface area contributed by atoms with Gasteiger partial charge in [0.1, 0.15) is 0 Å². The molecule has 1 aromatic rings. The minimum absolute atomic E-state index is 0.0198. The molecule has 0 amide bonds. The van der Waals surface area contributed by atoms with E-state index in [1.807, 2.05) is 37.3 Å². The largest absolute Gasteiger partial charge is 0.361 e. The third-order valence-corrected chi connectivity index (χ3v) is 3.41. The van der Waals surface area contributed by atoms with Crippen LogP contribution in [0.25, 0.3) is 0 Å². The van der Waals surface area contributed by atoms with E-state index in [0.717, 1.165) is 18.7 Å². The van der Waals surface area contributed by atoms with Crippen molar-refractivity contribution in [2.75, 3.05) is 19.7 Å². The van der Waals surface area contributed by atoms with Crippen molar-refractivity contribution in [3.63, 3.8) is 0 Å². The van der Waals surface area contributed by atoms with Gasteiger partial charge in [-0.25, -0.2) is 0 Å². The summed E-state index contributed by atoms with van der Waals surface area (Å²) in [6.07, 6.45) is 0. The Bertz CT molecular complexity index is 341. The highest BCUT2D eigenvalue weighted by Crippen LogP contribution is 2.32.